The van der Waals surface area contributed by atoms with Gasteiger partial charge in [0, 0.05) is 19.0 Å². The van der Waals surface area contributed by atoms with Gasteiger partial charge in [-0.1, -0.05) is 19.3 Å². The number of piperidine rings is 1. The number of amides is 1. The van der Waals surface area contributed by atoms with Crippen LogP contribution in [-0.2, 0) is 4.79 Å². The van der Waals surface area contributed by atoms with Crippen molar-refractivity contribution in [2.45, 2.75) is 51.1 Å². The van der Waals surface area contributed by atoms with Crippen LogP contribution in [-0.4, -0.2) is 30.1 Å². The lowest BCUT2D eigenvalue weighted by molar-refractivity contribution is -0.188. The molecule has 1 saturated carbocycles. The van der Waals surface area contributed by atoms with Crippen LogP contribution in [0, 0.1) is 11.8 Å². The molecule has 2 aliphatic rings. The summed E-state index contributed by atoms with van der Waals surface area (Å²) in [4.78, 5) is 13.6. The molecule has 0 N–H and O–H groups in total. The summed E-state index contributed by atoms with van der Waals surface area (Å²) < 4.78 is 38.0. The van der Waals surface area contributed by atoms with Gasteiger partial charge in [0.05, 0.1) is 5.92 Å². The summed E-state index contributed by atoms with van der Waals surface area (Å²) in [5, 5.41) is 0. The maximum Gasteiger partial charge on any atom is 0.393 e. The fourth-order valence-electron chi connectivity index (χ4n) is 3.05. The average molecular weight is 263 g/mol. The zero-order chi connectivity index (χ0) is 13.2. The van der Waals surface area contributed by atoms with Crippen molar-refractivity contribution in [3.8, 4) is 0 Å². The number of likely N-dealkylation sites (tertiary alicyclic amines) is 1. The van der Waals surface area contributed by atoms with Crippen molar-refractivity contribution >= 4 is 5.91 Å². The van der Waals surface area contributed by atoms with Crippen molar-refractivity contribution in [3.63, 3.8) is 0 Å². The third kappa shape index (κ3) is 3.18. The van der Waals surface area contributed by atoms with Crippen LogP contribution in [0.2, 0.25) is 0 Å². The molecule has 0 radical (unpaired) electrons. The van der Waals surface area contributed by atoms with Crippen LogP contribution < -0.4 is 0 Å². The van der Waals surface area contributed by atoms with Crippen molar-refractivity contribution < 1.29 is 18.0 Å². The summed E-state index contributed by atoms with van der Waals surface area (Å²) in [5.41, 5.74) is 0. The minimum Gasteiger partial charge on any atom is -0.342 e. The molecule has 2 fully saturated rings. The van der Waals surface area contributed by atoms with Crippen molar-refractivity contribution in [1.82, 2.24) is 4.90 Å². The molecule has 18 heavy (non-hydrogen) atoms. The lowest BCUT2D eigenvalue weighted by Crippen LogP contribution is -2.47. The zero-order valence-electron chi connectivity index (χ0n) is 10.5. The summed E-state index contributed by atoms with van der Waals surface area (Å²) in [5.74, 6) is -1.38. The van der Waals surface area contributed by atoms with Gasteiger partial charge in [-0.05, 0) is 25.7 Å². The van der Waals surface area contributed by atoms with Gasteiger partial charge in [0.15, 0.2) is 0 Å². The highest BCUT2D eigenvalue weighted by atomic mass is 19.4. The van der Waals surface area contributed by atoms with E-state index in [1.807, 2.05) is 0 Å². The summed E-state index contributed by atoms with van der Waals surface area (Å²) in [6, 6.07) is 0. The van der Waals surface area contributed by atoms with E-state index in [9.17, 15) is 18.0 Å². The monoisotopic (exact) mass is 263 g/mol. The molecule has 2 nitrogen and oxygen atoms in total. The predicted octanol–water partition coefficient (Wildman–Crippen LogP) is 3.37. The van der Waals surface area contributed by atoms with Gasteiger partial charge in [0.25, 0.3) is 0 Å². The van der Waals surface area contributed by atoms with E-state index in [0.29, 0.717) is 13.0 Å². The molecule has 1 saturated heterocycles. The maximum absolute atomic E-state index is 12.7. The third-order valence-electron chi connectivity index (χ3n) is 4.15. The number of hydrogen-bond acceptors (Lipinski definition) is 1. The SMILES string of the molecule is O=C(C1CCCCC1)N1CCCC(C(F)(F)F)C1. The smallest absolute Gasteiger partial charge is 0.342 e. The molecule has 0 aromatic heterocycles. The van der Waals surface area contributed by atoms with Gasteiger partial charge in [0.1, 0.15) is 0 Å². The molecule has 1 aliphatic carbocycles. The van der Waals surface area contributed by atoms with Crippen LogP contribution >= 0.6 is 0 Å². The maximum atomic E-state index is 12.7. The molecule has 0 bridgehead atoms. The third-order valence-corrected chi connectivity index (χ3v) is 4.15. The largest absolute Gasteiger partial charge is 0.393 e. The van der Waals surface area contributed by atoms with Crippen molar-refractivity contribution in [2.24, 2.45) is 11.8 Å². The van der Waals surface area contributed by atoms with Crippen LogP contribution in [0.15, 0.2) is 0 Å². The molecule has 1 heterocycles. The number of nitrogens with zero attached hydrogens (tertiary/aromatic N) is 1. The van der Waals surface area contributed by atoms with Crippen molar-refractivity contribution in [2.75, 3.05) is 13.1 Å². The molecular formula is C13H20F3NO. The van der Waals surface area contributed by atoms with E-state index >= 15 is 0 Å². The van der Waals surface area contributed by atoms with E-state index in [1.165, 1.54) is 4.90 Å². The Morgan fingerprint density at radius 1 is 1.00 bits per heavy atom. The summed E-state index contributed by atoms with van der Waals surface area (Å²) >= 11 is 0. The van der Waals surface area contributed by atoms with Gasteiger partial charge in [-0.2, -0.15) is 13.2 Å². The summed E-state index contributed by atoms with van der Waals surface area (Å²) in [6.07, 6.45) is 1.40. The molecule has 2 rings (SSSR count). The minimum absolute atomic E-state index is 0.0225. The van der Waals surface area contributed by atoms with Crippen LogP contribution in [0.3, 0.4) is 0 Å². The van der Waals surface area contributed by atoms with Crippen LogP contribution in [0.4, 0.5) is 13.2 Å². The van der Waals surface area contributed by atoms with E-state index in [-0.39, 0.29) is 24.8 Å². The number of rotatable bonds is 1. The normalized spacial score (nSPS) is 27.3. The molecule has 1 atom stereocenters. The Balaban J connectivity index is 1.93. The summed E-state index contributed by atoms with van der Waals surface area (Å²) in [6.45, 7) is 0.376. The second-order valence-corrected chi connectivity index (χ2v) is 5.50. The second-order valence-electron chi connectivity index (χ2n) is 5.50. The number of hydrogen-bond donors (Lipinski definition) is 0. The van der Waals surface area contributed by atoms with E-state index in [2.05, 4.69) is 0 Å². The van der Waals surface area contributed by atoms with Gasteiger partial charge in [-0.15, -0.1) is 0 Å². The Morgan fingerprint density at radius 3 is 2.28 bits per heavy atom. The average Bonchev–Trinajstić information content (AvgIpc) is 2.38. The number of alkyl halides is 3. The lowest BCUT2D eigenvalue weighted by atomic mass is 9.87. The molecule has 0 aromatic carbocycles. The number of carbonyl (C=O) groups excluding carboxylic acids is 1. The Morgan fingerprint density at radius 2 is 1.67 bits per heavy atom. The first-order chi connectivity index (χ1) is 8.48. The standard InChI is InChI=1S/C13H20F3NO/c14-13(15,16)11-7-4-8-17(9-11)12(18)10-5-2-1-3-6-10/h10-11H,1-9H2. The van der Waals surface area contributed by atoms with Crippen molar-refractivity contribution in [1.29, 1.82) is 0 Å². The lowest BCUT2D eigenvalue weighted by Gasteiger charge is -2.36. The van der Waals surface area contributed by atoms with E-state index < -0.39 is 12.1 Å². The van der Waals surface area contributed by atoms with Crippen LogP contribution in [0.5, 0.6) is 0 Å². The van der Waals surface area contributed by atoms with Crippen LogP contribution in [0.1, 0.15) is 44.9 Å². The fourth-order valence-corrected chi connectivity index (χ4v) is 3.05. The first-order valence-corrected chi connectivity index (χ1v) is 6.84. The Kier molecular flexibility index (Phi) is 4.17. The molecule has 5 heteroatoms. The van der Waals surface area contributed by atoms with E-state index in [1.54, 1.807) is 0 Å². The number of halogens is 3. The molecule has 0 spiro atoms. The van der Waals surface area contributed by atoms with Gasteiger partial charge in [-0.3, -0.25) is 4.79 Å². The van der Waals surface area contributed by atoms with Gasteiger partial charge >= 0.3 is 6.18 Å². The van der Waals surface area contributed by atoms with Gasteiger partial charge < -0.3 is 4.90 Å². The van der Waals surface area contributed by atoms with Crippen LogP contribution in [0.25, 0.3) is 0 Å². The Hall–Kier alpha value is -0.740. The highest BCUT2D eigenvalue weighted by molar-refractivity contribution is 5.79. The van der Waals surface area contributed by atoms with E-state index in [4.69, 9.17) is 0 Å². The Labute approximate surface area is 106 Å². The molecule has 1 unspecified atom stereocenters. The molecule has 1 amide bonds. The quantitative estimate of drug-likeness (QED) is 0.710. The summed E-state index contributed by atoms with van der Waals surface area (Å²) in [7, 11) is 0. The zero-order valence-corrected chi connectivity index (χ0v) is 10.5. The topological polar surface area (TPSA) is 20.3 Å². The predicted molar refractivity (Wildman–Crippen MR) is 61.9 cm³/mol. The fraction of sp³-hybridized carbons (Fsp3) is 0.923. The molecule has 0 aromatic rings. The highest BCUT2D eigenvalue weighted by Gasteiger charge is 2.43. The molecular weight excluding hydrogens is 243 g/mol. The first kappa shape index (κ1) is 13.7. The molecule has 104 valence electrons. The molecule has 1 aliphatic heterocycles. The van der Waals surface area contributed by atoms with Crippen molar-refractivity contribution in [3.05, 3.63) is 0 Å². The second kappa shape index (κ2) is 5.49. The first-order valence-electron chi connectivity index (χ1n) is 6.84. The Bertz CT molecular complexity index is 297. The highest BCUT2D eigenvalue weighted by Crippen LogP contribution is 2.34. The minimum atomic E-state index is -4.16. The number of carbonyl (C=O) groups is 1. The van der Waals surface area contributed by atoms with Gasteiger partial charge in [0.2, 0.25) is 5.91 Å². The van der Waals surface area contributed by atoms with E-state index in [0.717, 1.165) is 32.1 Å². The van der Waals surface area contributed by atoms with Gasteiger partial charge in [-0.25, -0.2) is 0 Å².